The van der Waals surface area contributed by atoms with Crippen LogP contribution in [0.15, 0.2) is 42.5 Å². The first kappa shape index (κ1) is 21.4. The molecule has 1 aromatic rings. The summed E-state index contributed by atoms with van der Waals surface area (Å²) in [6.45, 7) is 6.98. The SMILES string of the molecule is CCN(CC)C[C@H]1CC[C@@H]2[C@H](O1)c1cc(C(F)(F)F)ccc1N[C@H]2C1C=CC=CC1. The van der Waals surface area contributed by atoms with Crippen LogP contribution >= 0.6 is 0 Å². The Morgan fingerprint density at radius 3 is 2.60 bits per heavy atom. The van der Waals surface area contributed by atoms with Gasteiger partial charge in [0.1, 0.15) is 0 Å². The maximum absolute atomic E-state index is 13.4. The fraction of sp³-hybridized carbons (Fsp3) is 0.583. The lowest BCUT2D eigenvalue weighted by Gasteiger charge is -2.48. The third-order valence-corrected chi connectivity index (χ3v) is 6.85. The second-order valence-electron chi connectivity index (χ2n) is 8.59. The highest BCUT2D eigenvalue weighted by molar-refractivity contribution is 5.58. The van der Waals surface area contributed by atoms with E-state index in [1.165, 1.54) is 12.1 Å². The highest BCUT2D eigenvalue weighted by Crippen LogP contribution is 2.49. The smallest absolute Gasteiger partial charge is 0.381 e. The maximum atomic E-state index is 13.4. The van der Waals surface area contributed by atoms with E-state index in [4.69, 9.17) is 4.74 Å². The molecule has 0 amide bonds. The van der Waals surface area contributed by atoms with E-state index >= 15 is 0 Å². The first-order chi connectivity index (χ1) is 14.4. The number of allylic oxidation sites excluding steroid dienone is 3. The van der Waals surface area contributed by atoms with Crippen LogP contribution in [0.25, 0.3) is 0 Å². The minimum atomic E-state index is -4.35. The lowest BCUT2D eigenvalue weighted by molar-refractivity contribution is -0.138. The number of fused-ring (bicyclic) bond motifs is 3. The van der Waals surface area contributed by atoms with E-state index in [2.05, 4.69) is 48.4 Å². The normalized spacial score (nSPS) is 30.7. The van der Waals surface area contributed by atoms with Gasteiger partial charge >= 0.3 is 6.18 Å². The molecular formula is C24H31F3N2O. The summed E-state index contributed by atoms with van der Waals surface area (Å²) in [6.07, 6.45) is 6.73. The van der Waals surface area contributed by atoms with Crippen LogP contribution in [0.3, 0.4) is 0 Å². The molecule has 1 aromatic carbocycles. The largest absolute Gasteiger partial charge is 0.416 e. The molecule has 30 heavy (non-hydrogen) atoms. The zero-order chi connectivity index (χ0) is 21.3. The van der Waals surface area contributed by atoms with Crippen molar-refractivity contribution in [3.8, 4) is 0 Å². The predicted molar refractivity (Wildman–Crippen MR) is 113 cm³/mol. The molecule has 1 N–H and O–H groups in total. The summed E-state index contributed by atoms with van der Waals surface area (Å²) < 4.78 is 46.8. The summed E-state index contributed by atoms with van der Waals surface area (Å²) in [5.74, 6) is 0.482. The van der Waals surface area contributed by atoms with Gasteiger partial charge in [-0.15, -0.1) is 0 Å². The Morgan fingerprint density at radius 2 is 1.93 bits per heavy atom. The fourth-order valence-electron chi connectivity index (χ4n) is 5.16. The van der Waals surface area contributed by atoms with Crippen molar-refractivity contribution in [2.75, 3.05) is 25.0 Å². The number of likely N-dealkylation sites (N-methyl/N-ethyl adjacent to an activating group) is 1. The van der Waals surface area contributed by atoms with Gasteiger partial charge in [0.25, 0.3) is 0 Å². The van der Waals surface area contributed by atoms with Gasteiger partial charge in [0, 0.05) is 35.7 Å². The number of halogens is 3. The fourth-order valence-corrected chi connectivity index (χ4v) is 5.16. The average molecular weight is 421 g/mol. The summed E-state index contributed by atoms with van der Waals surface area (Å²) in [6, 6.07) is 4.22. The number of rotatable bonds is 5. The summed E-state index contributed by atoms with van der Waals surface area (Å²) in [5, 5.41) is 3.58. The minimum Gasteiger partial charge on any atom is -0.381 e. The van der Waals surface area contributed by atoms with Gasteiger partial charge in [-0.3, -0.25) is 0 Å². The number of anilines is 1. The van der Waals surface area contributed by atoms with E-state index in [1.54, 1.807) is 6.07 Å². The van der Waals surface area contributed by atoms with E-state index < -0.39 is 11.7 Å². The quantitative estimate of drug-likeness (QED) is 0.651. The van der Waals surface area contributed by atoms with Crippen LogP contribution in [0.2, 0.25) is 0 Å². The van der Waals surface area contributed by atoms with Gasteiger partial charge in [-0.2, -0.15) is 13.2 Å². The Hall–Kier alpha value is -1.79. The second kappa shape index (κ2) is 8.75. The Bertz CT molecular complexity index is 800. The van der Waals surface area contributed by atoms with E-state index in [9.17, 15) is 13.2 Å². The average Bonchev–Trinajstić information content (AvgIpc) is 2.76. The van der Waals surface area contributed by atoms with Crippen molar-refractivity contribution in [3.05, 3.63) is 53.6 Å². The molecule has 0 bridgehead atoms. The third-order valence-electron chi connectivity index (χ3n) is 6.85. The molecule has 0 spiro atoms. The summed E-state index contributed by atoms with van der Waals surface area (Å²) >= 11 is 0. The molecule has 1 saturated heterocycles. The maximum Gasteiger partial charge on any atom is 0.416 e. The number of alkyl halides is 3. The molecule has 0 saturated carbocycles. The molecule has 164 valence electrons. The first-order valence-electron chi connectivity index (χ1n) is 11.1. The van der Waals surface area contributed by atoms with Crippen molar-refractivity contribution in [1.29, 1.82) is 0 Å². The molecular weight excluding hydrogens is 389 g/mol. The van der Waals surface area contributed by atoms with Gasteiger partial charge in [-0.05, 0) is 50.6 Å². The van der Waals surface area contributed by atoms with E-state index in [1.807, 2.05) is 0 Å². The van der Waals surface area contributed by atoms with Crippen LogP contribution in [0.5, 0.6) is 0 Å². The third kappa shape index (κ3) is 4.30. The van der Waals surface area contributed by atoms with Crippen molar-refractivity contribution in [3.63, 3.8) is 0 Å². The van der Waals surface area contributed by atoms with Crippen molar-refractivity contribution < 1.29 is 17.9 Å². The molecule has 0 radical (unpaired) electrons. The molecule has 0 aromatic heterocycles. The van der Waals surface area contributed by atoms with E-state index in [0.717, 1.165) is 44.6 Å². The highest BCUT2D eigenvalue weighted by Gasteiger charge is 2.45. The first-order valence-corrected chi connectivity index (χ1v) is 11.1. The predicted octanol–water partition coefficient (Wildman–Crippen LogP) is 5.81. The molecule has 2 heterocycles. The monoisotopic (exact) mass is 420 g/mol. The molecule has 6 heteroatoms. The minimum absolute atomic E-state index is 0.0501. The van der Waals surface area contributed by atoms with Crippen LogP contribution in [0.1, 0.15) is 50.3 Å². The van der Waals surface area contributed by atoms with Crippen molar-refractivity contribution >= 4 is 5.69 Å². The van der Waals surface area contributed by atoms with Gasteiger partial charge in [0.2, 0.25) is 0 Å². The number of nitrogens with zero attached hydrogens (tertiary/aromatic N) is 1. The number of ether oxygens (including phenoxy) is 1. The topological polar surface area (TPSA) is 24.5 Å². The lowest BCUT2D eigenvalue weighted by Crippen LogP contribution is -2.48. The summed E-state index contributed by atoms with van der Waals surface area (Å²) in [7, 11) is 0. The second-order valence-corrected chi connectivity index (χ2v) is 8.59. The number of nitrogens with one attached hydrogen (secondary N) is 1. The van der Waals surface area contributed by atoms with Gasteiger partial charge in [0.15, 0.2) is 0 Å². The Balaban J connectivity index is 1.65. The number of hydrogen-bond donors (Lipinski definition) is 1. The highest BCUT2D eigenvalue weighted by atomic mass is 19.4. The molecule has 3 nitrogen and oxygen atoms in total. The molecule has 2 aliphatic heterocycles. The van der Waals surface area contributed by atoms with Crippen molar-refractivity contribution in [2.24, 2.45) is 11.8 Å². The van der Waals surface area contributed by atoms with Crippen LogP contribution in [-0.4, -0.2) is 36.7 Å². The summed E-state index contributed by atoms with van der Waals surface area (Å²) in [5.41, 5.74) is 0.835. The zero-order valence-electron chi connectivity index (χ0n) is 17.7. The molecule has 1 fully saturated rings. The zero-order valence-corrected chi connectivity index (χ0v) is 17.7. The van der Waals surface area contributed by atoms with Gasteiger partial charge in [-0.1, -0.05) is 38.2 Å². The van der Waals surface area contributed by atoms with E-state index in [-0.39, 0.29) is 24.2 Å². The van der Waals surface area contributed by atoms with Crippen LogP contribution in [-0.2, 0) is 10.9 Å². The van der Waals surface area contributed by atoms with Gasteiger partial charge in [-0.25, -0.2) is 0 Å². The molecule has 1 unspecified atom stereocenters. The number of benzene rings is 1. The molecule has 3 aliphatic rings. The lowest BCUT2D eigenvalue weighted by atomic mass is 9.73. The Kier molecular flexibility index (Phi) is 6.26. The summed E-state index contributed by atoms with van der Waals surface area (Å²) in [4.78, 5) is 2.32. The van der Waals surface area contributed by atoms with Crippen LogP contribution in [0, 0.1) is 11.8 Å². The van der Waals surface area contributed by atoms with Crippen molar-refractivity contribution in [1.82, 2.24) is 4.90 Å². The van der Waals surface area contributed by atoms with E-state index in [0.29, 0.717) is 11.5 Å². The van der Waals surface area contributed by atoms with Crippen molar-refractivity contribution in [2.45, 2.75) is 57.5 Å². The molecule has 5 atom stereocenters. The molecule has 1 aliphatic carbocycles. The van der Waals surface area contributed by atoms with Crippen LogP contribution in [0.4, 0.5) is 18.9 Å². The van der Waals surface area contributed by atoms with Crippen LogP contribution < -0.4 is 5.32 Å². The standard InChI is InChI=1S/C24H31F3N2O/c1-3-29(4-2)15-18-11-12-19-22(16-8-6-5-7-9-16)28-21-13-10-17(24(25,26)27)14-20(21)23(19)30-18/h5-8,10,13-14,16,18-19,22-23,28H,3-4,9,11-12,15H2,1-2H3/t16?,18-,19+,22+,23+/m1/s1. The molecule has 4 rings (SSSR count). The van der Waals surface area contributed by atoms with Gasteiger partial charge in [0.05, 0.1) is 17.8 Å². The Morgan fingerprint density at radius 1 is 1.13 bits per heavy atom. The number of hydrogen-bond acceptors (Lipinski definition) is 3. The van der Waals surface area contributed by atoms with Gasteiger partial charge < -0.3 is 15.0 Å². The Labute approximate surface area is 177 Å².